The molecule has 0 spiro atoms. The number of esters is 1. The maximum atomic E-state index is 11.4. The smallest absolute Gasteiger partial charge is 0.333 e. The highest BCUT2D eigenvalue weighted by atomic mass is 16.5. The first-order chi connectivity index (χ1) is 11.9. The number of carbonyl (C=O) groups is 1. The minimum Gasteiger partial charge on any atom is -0.462 e. The number of aryl methyl sites for hydroxylation is 1. The molecule has 2 nitrogen and oxygen atoms in total. The second-order valence-corrected chi connectivity index (χ2v) is 7.42. The summed E-state index contributed by atoms with van der Waals surface area (Å²) >= 11 is 0. The number of unbranched alkanes of at least 4 members (excludes halogenated alkanes) is 1. The lowest BCUT2D eigenvalue weighted by molar-refractivity contribution is -0.139. The van der Waals surface area contributed by atoms with Crippen LogP contribution in [0.3, 0.4) is 0 Å². The fourth-order valence-corrected chi connectivity index (χ4v) is 3.63. The Balaban J connectivity index is 1.64. The molecule has 0 fully saturated rings. The lowest BCUT2D eigenvalue weighted by Crippen LogP contribution is -2.15. The number of hydrogen-bond acceptors (Lipinski definition) is 2. The molecule has 2 aromatic carbocycles. The molecular weight excluding hydrogens is 308 g/mol. The average molecular weight is 334 g/mol. The van der Waals surface area contributed by atoms with E-state index in [1.54, 1.807) is 6.92 Å². The van der Waals surface area contributed by atoms with Crippen LogP contribution in [0.4, 0.5) is 0 Å². The van der Waals surface area contributed by atoms with Crippen molar-refractivity contribution in [1.82, 2.24) is 0 Å². The van der Waals surface area contributed by atoms with E-state index in [0.29, 0.717) is 12.2 Å². The molecule has 0 bridgehead atoms. The van der Waals surface area contributed by atoms with Crippen LogP contribution < -0.4 is 0 Å². The van der Waals surface area contributed by atoms with E-state index in [1.807, 2.05) is 0 Å². The van der Waals surface area contributed by atoms with Gasteiger partial charge in [-0.15, -0.1) is 0 Å². The predicted octanol–water partition coefficient (Wildman–Crippen LogP) is 5.43. The molecule has 1 aliphatic rings. The van der Waals surface area contributed by atoms with Crippen molar-refractivity contribution in [2.24, 2.45) is 0 Å². The van der Waals surface area contributed by atoms with Gasteiger partial charge in [0.1, 0.15) is 0 Å². The number of benzene rings is 2. The molecule has 130 valence electrons. The van der Waals surface area contributed by atoms with Gasteiger partial charge in [-0.05, 0) is 54.0 Å². The molecule has 0 heterocycles. The highest BCUT2D eigenvalue weighted by molar-refractivity contribution is 5.86. The van der Waals surface area contributed by atoms with Crippen LogP contribution in [0.1, 0.15) is 50.3 Å². The van der Waals surface area contributed by atoms with Gasteiger partial charge in [0.25, 0.3) is 0 Å². The summed E-state index contributed by atoms with van der Waals surface area (Å²) < 4.78 is 5.15. The summed E-state index contributed by atoms with van der Waals surface area (Å²) in [6.07, 6.45) is 2.89. The third kappa shape index (κ3) is 3.39. The van der Waals surface area contributed by atoms with Gasteiger partial charge < -0.3 is 4.74 Å². The van der Waals surface area contributed by atoms with E-state index in [9.17, 15) is 4.79 Å². The zero-order chi connectivity index (χ0) is 18.0. The molecule has 2 heteroatoms. The van der Waals surface area contributed by atoms with Crippen molar-refractivity contribution in [3.8, 4) is 11.1 Å². The Kier molecular flexibility index (Phi) is 4.80. The molecule has 1 aliphatic carbocycles. The van der Waals surface area contributed by atoms with Crippen molar-refractivity contribution in [2.75, 3.05) is 6.61 Å². The summed E-state index contributed by atoms with van der Waals surface area (Å²) in [6.45, 7) is 10.3. The highest BCUT2D eigenvalue weighted by Crippen LogP contribution is 2.48. The van der Waals surface area contributed by atoms with Crippen LogP contribution in [0.2, 0.25) is 0 Å². The Morgan fingerprint density at radius 2 is 1.76 bits per heavy atom. The van der Waals surface area contributed by atoms with E-state index >= 15 is 0 Å². The van der Waals surface area contributed by atoms with Gasteiger partial charge in [-0.2, -0.15) is 0 Å². The first-order valence-corrected chi connectivity index (χ1v) is 8.97. The lowest BCUT2D eigenvalue weighted by atomic mass is 9.82. The van der Waals surface area contributed by atoms with Crippen LogP contribution in [0, 0.1) is 0 Å². The molecule has 0 aromatic heterocycles. The molecule has 0 atom stereocenters. The first kappa shape index (κ1) is 17.5. The Morgan fingerprint density at radius 1 is 1.04 bits per heavy atom. The van der Waals surface area contributed by atoms with E-state index in [4.69, 9.17) is 4.74 Å². The minimum absolute atomic E-state index is 0.0545. The van der Waals surface area contributed by atoms with E-state index < -0.39 is 0 Å². The van der Waals surface area contributed by atoms with E-state index in [0.717, 1.165) is 19.3 Å². The monoisotopic (exact) mass is 334 g/mol. The first-order valence-electron chi connectivity index (χ1n) is 8.97. The second kappa shape index (κ2) is 6.87. The highest BCUT2D eigenvalue weighted by Gasteiger charge is 2.34. The molecule has 0 saturated heterocycles. The SMILES string of the molecule is C=C(C)C(=O)OCCCCc1ccc2c(c1)C(C)(C)c1ccccc1-2. The number of rotatable bonds is 6. The fraction of sp³-hybridized carbons (Fsp3) is 0.348. The fourth-order valence-electron chi connectivity index (χ4n) is 3.63. The minimum atomic E-state index is -0.294. The van der Waals surface area contributed by atoms with E-state index in [2.05, 4.69) is 62.9 Å². The van der Waals surface area contributed by atoms with Crippen molar-refractivity contribution >= 4 is 5.97 Å². The number of carbonyl (C=O) groups excluding carboxylic acids is 1. The topological polar surface area (TPSA) is 26.3 Å². The molecule has 0 radical (unpaired) electrons. The van der Waals surface area contributed by atoms with Crippen LogP contribution >= 0.6 is 0 Å². The van der Waals surface area contributed by atoms with Gasteiger partial charge >= 0.3 is 5.97 Å². The zero-order valence-electron chi connectivity index (χ0n) is 15.4. The maximum absolute atomic E-state index is 11.4. The molecule has 3 rings (SSSR count). The summed E-state index contributed by atoms with van der Waals surface area (Å²) in [5.41, 5.74) is 7.42. The molecule has 0 aliphatic heterocycles. The molecule has 0 saturated carbocycles. The number of fused-ring (bicyclic) bond motifs is 3. The van der Waals surface area contributed by atoms with Crippen molar-refractivity contribution in [1.29, 1.82) is 0 Å². The third-order valence-electron chi connectivity index (χ3n) is 5.09. The van der Waals surface area contributed by atoms with E-state index in [1.165, 1.54) is 27.8 Å². The normalized spacial score (nSPS) is 13.9. The van der Waals surface area contributed by atoms with Gasteiger partial charge in [-0.25, -0.2) is 4.79 Å². The van der Waals surface area contributed by atoms with E-state index in [-0.39, 0.29) is 11.4 Å². The van der Waals surface area contributed by atoms with Gasteiger partial charge in [-0.1, -0.05) is 62.9 Å². The molecule has 0 N–H and O–H groups in total. The van der Waals surface area contributed by atoms with Crippen LogP contribution in [0.25, 0.3) is 11.1 Å². The van der Waals surface area contributed by atoms with Crippen molar-refractivity contribution in [3.05, 3.63) is 71.3 Å². The molecular formula is C23H26O2. The van der Waals surface area contributed by atoms with Gasteiger partial charge in [0.15, 0.2) is 0 Å². The van der Waals surface area contributed by atoms with Crippen LogP contribution in [-0.2, 0) is 21.4 Å². The summed E-state index contributed by atoms with van der Waals surface area (Å²) in [5, 5.41) is 0. The Bertz CT molecular complexity index is 815. The van der Waals surface area contributed by atoms with Gasteiger partial charge in [0, 0.05) is 11.0 Å². The van der Waals surface area contributed by atoms with Gasteiger partial charge in [-0.3, -0.25) is 0 Å². The summed E-state index contributed by atoms with van der Waals surface area (Å²) in [6, 6.07) is 15.6. The largest absolute Gasteiger partial charge is 0.462 e. The standard InChI is InChI=1S/C23H26O2/c1-16(2)22(24)25-14-8-7-9-17-12-13-19-18-10-5-6-11-20(18)23(3,4)21(19)15-17/h5-6,10-13,15H,1,7-9,14H2,2-4H3. The summed E-state index contributed by atoms with van der Waals surface area (Å²) in [7, 11) is 0. The van der Waals surface area contributed by atoms with Crippen molar-refractivity contribution in [3.63, 3.8) is 0 Å². The van der Waals surface area contributed by atoms with Crippen molar-refractivity contribution < 1.29 is 9.53 Å². The average Bonchev–Trinajstić information content (AvgIpc) is 2.82. The van der Waals surface area contributed by atoms with Gasteiger partial charge in [0.2, 0.25) is 0 Å². The zero-order valence-corrected chi connectivity index (χ0v) is 15.4. The Hall–Kier alpha value is -2.35. The maximum Gasteiger partial charge on any atom is 0.333 e. The third-order valence-corrected chi connectivity index (χ3v) is 5.09. The second-order valence-electron chi connectivity index (χ2n) is 7.42. The molecule has 0 amide bonds. The number of hydrogen-bond donors (Lipinski definition) is 0. The van der Waals surface area contributed by atoms with Crippen LogP contribution in [-0.4, -0.2) is 12.6 Å². The molecule has 2 aromatic rings. The molecule has 0 unspecified atom stereocenters. The Labute approximate surface area is 150 Å². The lowest BCUT2D eigenvalue weighted by Gasteiger charge is -2.22. The predicted molar refractivity (Wildman–Crippen MR) is 103 cm³/mol. The Morgan fingerprint density at radius 3 is 2.52 bits per heavy atom. The van der Waals surface area contributed by atoms with Gasteiger partial charge in [0.05, 0.1) is 6.61 Å². The molecule has 25 heavy (non-hydrogen) atoms. The summed E-state index contributed by atoms with van der Waals surface area (Å²) in [4.78, 5) is 11.4. The number of ether oxygens (including phenoxy) is 1. The van der Waals surface area contributed by atoms with Crippen molar-refractivity contribution in [2.45, 2.75) is 45.4 Å². The van der Waals surface area contributed by atoms with Crippen LogP contribution in [0.5, 0.6) is 0 Å². The van der Waals surface area contributed by atoms with Crippen LogP contribution in [0.15, 0.2) is 54.6 Å². The quantitative estimate of drug-likeness (QED) is 0.400. The summed E-state index contributed by atoms with van der Waals surface area (Å²) in [5.74, 6) is -0.294.